The third kappa shape index (κ3) is 2.72. The lowest BCUT2D eigenvalue weighted by atomic mass is 10.1. The average Bonchev–Trinajstić information content (AvgIpc) is 2.59. The van der Waals surface area contributed by atoms with Gasteiger partial charge in [-0.3, -0.25) is 9.59 Å². The summed E-state index contributed by atoms with van der Waals surface area (Å²) >= 11 is 0. The topological polar surface area (TPSA) is 80.3 Å². The van der Waals surface area contributed by atoms with E-state index in [0.29, 0.717) is 26.4 Å². The molecule has 3 fully saturated rings. The number of carbonyl (C=O) groups excluding carboxylic acids is 2. The van der Waals surface area contributed by atoms with Crippen LogP contribution in [-0.4, -0.2) is 63.8 Å². The predicted octanol–water partition coefficient (Wildman–Crippen LogP) is -0.867. The smallest absolute Gasteiger partial charge is 0.314 e. The van der Waals surface area contributed by atoms with Gasteiger partial charge in [-0.05, 0) is 0 Å². The van der Waals surface area contributed by atoms with Gasteiger partial charge in [-0.15, -0.1) is 0 Å². The summed E-state index contributed by atoms with van der Waals surface area (Å²) in [7, 11) is 0. The van der Waals surface area contributed by atoms with Gasteiger partial charge in [0.25, 0.3) is 0 Å². The van der Waals surface area contributed by atoms with Crippen molar-refractivity contribution in [2.24, 2.45) is 11.8 Å². The minimum atomic E-state index is -0.516. The van der Waals surface area contributed by atoms with E-state index >= 15 is 0 Å². The first kappa shape index (κ1) is 12.8. The van der Waals surface area contributed by atoms with E-state index < -0.39 is 12.2 Å². The molecule has 3 aliphatic rings. The second kappa shape index (κ2) is 5.44. The molecule has 0 saturated carbocycles. The zero-order valence-corrected chi connectivity index (χ0v) is 10.4. The minimum absolute atomic E-state index is 0.197. The van der Waals surface area contributed by atoms with Crippen LogP contribution in [0.1, 0.15) is 0 Å². The van der Waals surface area contributed by atoms with Crippen LogP contribution in [-0.2, 0) is 33.3 Å². The van der Waals surface area contributed by atoms with Gasteiger partial charge in [0.2, 0.25) is 0 Å². The van der Waals surface area contributed by atoms with Gasteiger partial charge in [0.15, 0.2) is 12.2 Å². The van der Waals surface area contributed by atoms with Crippen LogP contribution in [0.5, 0.6) is 0 Å². The summed E-state index contributed by atoms with van der Waals surface area (Å²) in [4.78, 5) is 23.4. The van der Waals surface area contributed by atoms with Crippen LogP contribution in [0, 0.1) is 11.8 Å². The standard InChI is InChI=1S/C12H16O7/c13-11(7-1-15-2-7)18-9-5-17-6-10(9)19-12(14)8-3-16-4-8/h7-10H,1-6H2. The van der Waals surface area contributed by atoms with Crippen LogP contribution < -0.4 is 0 Å². The Morgan fingerprint density at radius 3 is 1.37 bits per heavy atom. The normalized spacial score (nSPS) is 31.4. The highest BCUT2D eigenvalue weighted by Crippen LogP contribution is 2.21. The Morgan fingerprint density at radius 2 is 1.05 bits per heavy atom. The quantitative estimate of drug-likeness (QED) is 0.615. The molecule has 2 atom stereocenters. The van der Waals surface area contributed by atoms with Crippen LogP contribution in [0.25, 0.3) is 0 Å². The summed E-state index contributed by atoms with van der Waals surface area (Å²) in [5.41, 5.74) is 0. The van der Waals surface area contributed by atoms with Gasteiger partial charge < -0.3 is 23.7 Å². The fraction of sp³-hybridized carbons (Fsp3) is 0.833. The largest absolute Gasteiger partial charge is 0.455 e. The maximum Gasteiger partial charge on any atom is 0.314 e. The Kier molecular flexibility index (Phi) is 3.67. The van der Waals surface area contributed by atoms with Crippen LogP contribution in [0.4, 0.5) is 0 Å². The Balaban J connectivity index is 1.49. The minimum Gasteiger partial charge on any atom is -0.455 e. The molecule has 0 aliphatic carbocycles. The summed E-state index contributed by atoms with van der Waals surface area (Å²) < 4.78 is 25.7. The zero-order chi connectivity index (χ0) is 13.2. The molecule has 3 saturated heterocycles. The zero-order valence-electron chi connectivity index (χ0n) is 10.4. The Hall–Kier alpha value is -1.18. The van der Waals surface area contributed by atoms with E-state index in [0.717, 1.165) is 0 Å². The molecular formula is C12H16O7. The van der Waals surface area contributed by atoms with E-state index in [1.807, 2.05) is 0 Å². The average molecular weight is 272 g/mol. The van der Waals surface area contributed by atoms with E-state index in [4.69, 9.17) is 23.7 Å². The van der Waals surface area contributed by atoms with Crippen molar-refractivity contribution in [1.82, 2.24) is 0 Å². The van der Waals surface area contributed by atoms with Crippen molar-refractivity contribution in [3.8, 4) is 0 Å². The first-order valence-corrected chi connectivity index (χ1v) is 6.38. The summed E-state index contributed by atoms with van der Waals surface area (Å²) in [6.45, 7) is 2.12. The number of rotatable bonds is 4. The fourth-order valence-electron chi connectivity index (χ4n) is 1.97. The molecule has 19 heavy (non-hydrogen) atoms. The lowest BCUT2D eigenvalue weighted by molar-refractivity contribution is -0.183. The lowest BCUT2D eigenvalue weighted by Gasteiger charge is -2.28. The molecule has 0 aromatic rings. The first-order chi connectivity index (χ1) is 9.24. The highest BCUT2D eigenvalue weighted by molar-refractivity contribution is 5.74. The van der Waals surface area contributed by atoms with E-state index in [1.54, 1.807) is 0 Å². The first-order valence-electron chi connectivity index (χ1n) is 6.38. The second-order valence-electron chi connectivity index (χ2n) is 4.96. The molecule has 0 radical (unpaired) electrons. The summed E-state index contributed by atoms with van der Waals surface area (Å²) in [6.07, 6.45) is -1.03. The van der Waals surface area contributed by atoms with Gasteiger partial charge in [-0.1, -0.05) is 0 Å². The van der Waals surface area contributed by atoms with Crippen molar-refractivity contribution in [1.29, 1.82) is 0 Å². The fourth-order valence-corrected chi connectivity index (χ4v) is 1.97. The Morgan fingerprint density at radius 1 is 0.684 bits per heavy atom. The molecule has 0 N–H and O–H groups in total. The van der Waals surface area contributed by atoms with Gasteiger partial charge >= 0.3 is 11.9 Å². The molecule has 106 valence electrons. The molecule has 0 amide bonds. The summed E-state index contributed by atoms with van der Waals surface area (Å²) in [5, 5.41) is 0. The van der Waals surface area contributed by atoms with Gasteiger partial charge in [0, 0.05) is 0 Å². The number of hydrogen-bond donors (Lipinski definition) is 0. The number of hydrogen-bond acceptors (Lipinski definition) is 7. The third-order valence-corrected chi connectivity index (χ3v) is 3.46. The maximum atomic E-state index is 11.7. The molecule has 7 nitrogen and oxygen atoms in total. The molecule has 3 rings (SSSR count). The maximum absolute atomic E-state index is 11.7. The van der Waals surface area contributed by atoms with Crippen molar-refractivity contribution >= 4 is 11.9 Å². The monoisotopic (exact) mass is 272 g/mol. The molecule has 0 spiro atoms. The molecule has 2 unspecified atom stereocenters. The van der Waals surface area contributed by atoms with Crippen molar-refractivity contribution < 1.29 is 33.3 Å². The van der Waals surface area contributed by atoms with Crippen molar-refractivity contribution in [2.75, 3.05) is 39.6 Å². The molecule has 3 heterocycles. The van der Waals surface area contributed by atoms with E-state index in [-0.39, 0.29) is 37.0 Å². The summed E-state index contributed by atoms with van der Waals surface area (Å²) in [6, 6.07) is 0. The number of carbonyl (C=O) groups is 2. The van der Waals surface area contributed by atoms with Crippen LogP contribution in [0.3, 0.4) is 0 Å². The van der Waals surface area contributed by atoms with Gasteiger partial charge in [0.05, 0.1) is 39.6 Å². The van der Waals surface area contributed by atoms with E-state index in [1.165, 1.54) is 0 Å². The predicted molar refractivity (Wildman–Crippen MR) is 59.2 cm³/mol. The van der Waals surface area contributed by atoms with Crippen molar-refractivity contribution in [2.45, 2.75) is 12.2 Å². The number of ether oxygens (including phenoxy) is 5. The highest BCUT2D eigenvalue weighted by Gasteiger charge is 2.39. The second-order valence-corrected chi connectivity index (χ2v) is 4.96. The van der Waals surface area contributed by atoms with E-state index in [9.17, 15) is 9.59 Å². The van der Waals surface area contributed by atoms with Crippen LogP contribution in [0.2, 0.25) is 0 Å². The Bertz CT molecular complexity index is 327. The lowest BCUT2D eigenvalue weighted by Crippen LogP contribution is -2.43. The molecule has 7 heteroatoms. The van der Waals surface area contributed by atoms with Crippen molar-refractivity contribution in [3.63, 3.8) is 0 Å². The summed E-state index contributed by atoms with van der Waals surface area (Å²) in [5.74, 6) is -1.02. The van der Waals surface area contributed by atoms with Gasteiger partial charge in [-0.2, -0.15) is 0 Å². The van der Waals surface area contributed by atoms with Gasteiger partial charge in [-0.25, -0.2) is 0 Å². The van der Waals surface area contributed by atoms with Gasteiger partial charge in [0.1, 0.15) is 11.8 Å². The molecular weight excluding hydrogens is 256 g/mol. The molecule has 3 aliphatic heterocycles. The number of esters is 2. The highest BCUT2D eigenvalue weighted by atomic mass is 16.6. The SMILES string of the molecule is O=C(OC1COCC1OC(=O)C1COC1)C1COC1. The Labute approximate surface area is 110 Å². The van der Waals surface area contributed by atoms with Crippen LogP contribution in [0.15, 0.2) is 0 Å². The van der Waals surface area contributed by atoms with Crippen molar-refractivity contribution in [3.05, 3.63) is 0 Å². The molecule has 0 bridgehead atoms. The molecule has 0 aromatic carbocycles. The van der Waals surface area contributed by atoms with E-state index in [2.05, 4.69) is 0 Å². The van der Waals surface area contributed by atoms with Crippen LogP contribution >= 0.6 is 0 Å². The molecule has 0 aromatic heterocycles. The third-order valence-electron chi connectivity index (χ3n) is 3.46.